The van der Waals surface area contributed by atoms with Crippen molar-refractivity contribution in [3.05, 3.63) is 180 Å². The molecule has 63 heavy (non-hydrogen) atoms. The fourth-order valence-corrected chi connectivity index (χ4v) is 7.78. The quantitative estimate of drug-likeness (QED) is 0.132. The van der Waals surface area contributed by atoms with E-state index in [4.69, 9.17) is 4.99 Å². The van der Waals surface area contributed by atoms with Gasteiger partial charge in [-0.3, -0.25) is 0 Å². The van der Waals surface area contributed by atoms with Crippen LogP contribution in [0.3, 0.4) is 0 Å². The van der Waals surface area contributed by atoms with Crippen LogP contribution in [0.2, 0.25) is 0 Å². The molecule has 0 N–H and O–H groups in total. The molecule has 2 aliphatic carbocycles. The molecule has 4 aromatic carbocycles. The number of nitrogens with zero attached hydrogens (tertiary/aromatic N) is 2. The molecule has 0 unspecified atom stereocenters. The van der Waals surface area contributed by atoms with E-state index >= 15 is 0 Å². The molecule has 2 nitrogen and oxygen atoms in total. The van der Waals surface area contributed by atoms with Gasteiger partial charge in [0.2, 0.25) is 0 Å². The minimum Gasteiger partial charge on any atom is -0.309 e. The number of rotatable bonds is 9. The maximum Gasteiger partial charge on any atom is 0.0671 e. The smallest absolute Gasteiger partial charge is 0.0671 e. The Morgan fingerprint density at radius 1 is 0.746 bits per heavy atom. The van der Waals surface area contributed by atoms with E-state index in [1.807, 2.05) is 113 Å². The number of hydrogen-bond donors (Lipinski definition) is 0. The highest BCUT2D eigenvalue weighted by Crippen LogP contribution is 2.49. The molecule has 1 heterocycles. The third-order valence-electron chi connectivity index (χ3n) is 10.8. The largest absolute Gasteiger partial charge is 0.309 e. The summed E-state index contributed by atoms with van der Waals surface area (Å²) in [5.74, 6) is 0. The van der Waals surface area contributed by atoms with Crippen molar-refractivity contribution < 1.29 is 0 Å². The Hall–Kier alpha value is -5.73. The predicted molar refractivity (Wildman–Crippen MR) is 293 cm³/mol. The molecule has 7 rings (SSSR count). The maximum absolute atomic E-state index is 5.07. The SMILES string of the molecule is C=CC1=C(C)C(C)(C)c2cc3c(cc21)c1c(C=C)c(/C=C\C)ccc1n3-c1ccc(/C(C)=C/C(=NC(=C)c2ccccc2)C2=CC=CCC2)cc1.CC.CC.CC.CC.CC.CC. The summed E-state index contributed by atoms with van der Waals surface area (Å²) in [5, 5.41) is 2.45. The Balaban J connectivity index is 0.00000153. The lowest BCUT2D eigenvalue weighted by Gasteiger charge is -2.22. The van der Waals surface area contributed by atoms with Crippen LogP contribution in [0.15, 0.2) is 151 Å². The van der Waals surface area contributed by atoms with Crippen LogP contribution in [0.4, 0.5) is 0 Å². The van der Waals surface area contributed by atoms with E-state index in [1.54, 1.807) is 0 Å². The molecule has 0 atom stereocenters. The number of aromatic nitrogens is 1. The fraction of sp³-hybridized carbons (Fsp3) is 0.328. The molecule has 0 bridgehead atoms. The number of benzene rings is 4. The zero-order valence-corrected chi connectivity index (χ0v) is 42.6. The Kier molecular flexibility index (Phi) is 24.6. The van der Waals surface area contributed by atoms with Gasteiger partial charge in [0.05, 0.1) is 22.4 Å². The predicted octanol–water partition coefficient (Wildman–Crippen LogP) is 19.7. The van der Waals surface area contributed by atoms with Crippen LogP contribution in [0, 0.1) is 0 Å². The molecule has 0 saturated carbocycles. The first-order valence-corrected chi connectivity index (χ1v) is 23.9. The highest BCUT2D eigenvalue weighted by atomic mass is 15.0. The average Bonchev–Trinajstić information content (AvgIpc) is 3.78. The summed E-state index contributed by atoms with van der Waals surface area (Å²) < 4.78 is 2.42. The lowest BCUT2D eigenvalue weighted by molar-refractivity contribution is 0.640. The Morgan fingerprint density at radius 2 is 1.37 bits per heavy atom. The first-order chi connectivity index (χ1) is 30.7. The average molecular weight is 843 g/mol. The van der Waals surface area contributed by atoms with E-state index in [9.17, 15) is 0 Å². The minimum atomic E-state index is -0.0912. The van der Waals surface area contributed by atoms with E-state index in [0.29, 0.717) is 0 Å². The van der Waals surface area contributed by atoms with Crippen molar-refractivity contribution in [3.8, 4) is 5.69 Å². The first kappa shape index (κ1) is 55.3. The van der Waals surface area contributed by atoms with Crippen molar-refractivity contribution in [1.82, 2.24) is 4.57 Å². The number of hydrogen-bond acceptors (Lipinski definition) is 1. The van der Waals surface area contributed by atoms with Gasteiger partial charge in [-0.05, 0) is 120 Å². The van der Waals surface area contributed by atoms with Crippen LogP contribution in [0.25, 0.3) is 56.5 Å². The zero-order chi connectivity index (χ0) is 47.9. The van der Waals surface area contributed by atoms with Gasteiger partial charge >= 0.3 is 0 Å². The number of fused-ring (bicyclic) bond motifs is 4. The number of aliphatic imine (C=N–C) groups is 1. The van der Waals surface area contributed by atoms with Crippen LogP contribution in [-0.4, -0.2) is 10.3 Å². The van der Waals surface area contributed by atoms with Gasteiger partial charge in [0.25, 0.3) is 0 Å². The third-order valence-corrected chi connectivity index (χ3v) is 10.8. The van der Waals surface area contributed by atoms with Crippen molar-refractivity contribution in [2.24, 2.45) is 4.99 Å². The van der Waals surface area contributed by atoms with Crippen molar-refractivity contribution in [1.29, 1.82) is 0 Å². The highest BCUT2D eigenvalue weighted by Gasteiger charge is 2.35. The van der Waals surface area contributed by atoms with Crippen LogP contribution in [0.1, 0.15) is 164 Å². The van der Waals surface area contributed by atoms with Gasteiger partial charge < -0.3 is 4.57 Å². The second-order valence-corrected chi connectivity index (χ2v) is 14.1. The lowest BCUT2D eigenvalue weighted by Crippen LogP contribution is -2.15. The second kappa shape index (κ2) is 28.1. The van der Waals surface area contributed by atoms with E-state index in [-0.39, 0.29) is 5.41 Å². The third kappa shape index (κ3) is 12.3. The maximum atomic E-state index is 5.07. The molecule has 0 fully saturated rings. The Labute approximate surface area is 385 Å². The molecule has 2 heteroatoms. The number of allylic oxidation sites excluding steroid dienone is 10. The highest BCUT2D eigenvalue weighted by molar-refractivity contribution is 6.16. The summed E-state index contributed by atoms with van der Waals surface area (Å²) in [7, 11) is 0. The van der Waals surface area contributed by atoms with Gasteiger partial charge in [-0.1, -0.05) is 213 Å². The molecular formula is C61H82N2. The van der Waals surface area contributed by atoms with Gasteiger partial charge in [0, 0.05) is 21.9 Å². The summed E-state index contributed by atoms with van der Waals surface area (Å²) in [6.07, 6.45) is 19.0. The normalized spacial score (nSPS) is 13.4. The molecule has 0 saturated heterocycles. The first-order valence-electron chi connectivity index (χ1n) is 23.9. The molecule has 0 radical (unpaired) electrons. The standard InChI is InChI=1S/C49H46N2.6C2H6/c1-9-18-37-25-28-46-48(41(37)11-3)43-30-42-40(10-2)33(5)49(7,8)44(42)31-47(43)51(46)39-26-23-35(24-27-39)32(4)29-45(38-21-16-13-17-22-38)50-34(6)36-19-14-12-15-20-36;6*1-2/h9-16,18-21,23-31H,2-3,6,17,22H2,1,4-5,7-8H3;6*1-2H3/b18-9-,32-29+,50-45?;;;;;;. The van der Waals surface area contributed by atoms with Gasteiger partial charge in [-0.2, -0.15) is 0 Å². The van der Waals surface area contributed by atoms with Crippen molar-refractivity contribution in [3.63, 3.8) is 0 Å². The van der Waals surface area contributed by atoms with Crippen LogP contribution < -0.4 is 0 Å². The molecule has 1 aromatic heterocycles. The van der Waals surface area contributed by atoms with Crippen molar-refractivity contribution in [2.75, 3.05) is 0 Å². The Morgan fingerprint density at radius 3 is 1.90 bits per heavy atom. The summed E-state index contributed by atoms with van der Waals surface area (Å²) in [6, 6.07) is 28.5. The summed E-state index contributed by atoms with van der Waals surface area (Å²) in [4.78, 5) is 5.07. The van der Waals surface area contributed by atoms with E-state index < -0.39 is 0 Å². The fourth-order valence-electron chi connectivity index (χ4n) is 7.78. The molecule has 0 aliphatic heterocycles. The summed E-state index contributed by atoms with van der Waals surface area (Å²) in [5.41, 5.74) is 17.2. The lowest BCUT2D eigenvalue weighted by atomic mass is 9.81. The molecule has 0 amide bonds. The summed E-state index contributed by atoms with van der Waals surface area (Å²) >= 11 is 0. The van der Waals surface area contributed by atoms with Crippen molar-refractivity contribution >= 4 is 56.5 Å². The molecule has 5 aromatic rings. The second-order valence-electron chi connectivity index (χ2n) is 14.1. The van der Waals surface area contributed by atoms with E-state index in [2.05, 4.69) is 156 Å². The molecule has 336 valence electrons. The van der Waals surface area contributed by atoms with Gasteiger partial charge in [-0.15, -0.1) is 0 Å². The molecular weight excluding hydrogens is 761 g/mol. The van der Waals surface area contributed by atoms with Crippen LogP contribution in [-0.2, 0) is 5.41 Å². The van der Waals surface area contributed by atoms with E-state index in [0.717, 1.165) is 52.2 Å². The minimum absolute atomic E-state index is 0.0912. The van der Waals surface area contributed by atoms with E-state index in [1.165, 1.54) is 55.2 Å². The van der Waals surface area contributed by atoms with Crippen molar-refractivity contribution in [2.45, 2.75) is 136 Å². The molecule has 2 aliphatic rings. The monoisotopic (exact) mass is 843 g/mol. The Bertz CT molecular complexity index is 2430. The zero-order valence-electron chi connectivity index (χ0n) is 42.6. The molecule has 0 spiro atoms. The van der Waals surface area contributed by atoms with Gasteiger partial charge in [0.1, 0.15) is 0 Å². The topological polar surface area (TPSA) is 17.3 Å². The van der Waals surface area contributed by atoms with Gasteiger partial charge in [-0.25, -0.2) is 4.99 Å². The summed E-state index contributed by atoms with van der Waals surface area (Å²) in [6.45, 7) is 47.9. The van der Waals surface area contributed by atoms with Crippen LogP contribution >= 0.6 is 0 Å². The van der Waals surface area contributed by atoms with Crippen LogP contribution in [0.5, 0.6) is 0 Å². The van der Waals surface area contributed by atoms with Gasteiger partial charge in [0.15, 0.2) is 0 Å².